The van der Waals surface area contributed by atoms with Crippen molar-refractivity contribution >= 4 is 23.3 Å². The van der Waals surface area contributed by atoms with Crippen LogP contribution in [0.4, 0.5) is 11.4 Å². The molecule has 4 N–H and O–H groups in total. The maximum absolute atomic E-state index is 12.3. The Morgan fingerprint density at radius 3 is 1.90 bits per heavy atom. The second kappa shape index (κ2) is 11.4. The van der Waals surface area contributed by atoms with Gasteiger partial charge < -0.3 is 20.9 Å². The number of para-hydroxylation sites is 2. The summed E-state index contributed by atoms with van der Waals surface area (Å²) < 4.78 is 10.3. The highest BCUT2D eigenvalue weighted by molar-refractivity contribution is 5.95. The van der Waals surface area contributed by atoms with Crippen molar-refractivity contribution in [2.24, 2.45) is 17.8 Å². The molecule has 1 fully saturated rings. The van der Waals surface area contributed by atoms with E-state index in [1.807, 2.05) is 12.1 Å². The van der Waals surface area contributed by atoms with Gasteiger partial charge in [0.05, 0.1) is 18.2 Å². The Morgan fingerprint density at radius 1 is 0.903 bits per heavy atom. The molecule has 3 rings (SSSR count). The first-order chi connectivity index (χ1) is 14.7. The van der Waals surface area contributed by atoms with Crippen LogP contribution in [-0.2, 0) is 9.47 Å². The number of hydrogen-bond acceptors (Lipinski definition) is 6. The molecule has 0 aliphatic heterocycles. The fraction of sp³-hybridized carbons (Fsp3) is 0.440. The predicted molar refractivity (Wildman–Crippen MR) is 124 cm³/mol. The molecule has 0 heterocycles. The summed E-state index contributed by atoms with van der Waals surface area (Å²) in [7, 11) is 1.33. The molecule has 1 aliphatic rings. The van der Waals surface area contributed by atoms with Crippen LogP contribution in [0.5, 0.6) is 0 Å². The van der Waals surface area contributed by atoms with E-state index in [0.717, 1.165) is 12.8 Å². The molecule has 0 radical (unpaired) electrons. The Kier molecular flexibility index (Phi) is 8.91. The molecule has 0 unspecified atom stereocenters. The van der Waals surface area contributed by atoms with Crippen LogP contribution in [0.15, 0.2) is 48.5 Å². The van der Waals surface area contributed by atoms with E-state index < -0.39 is 5.97 Å². The average Bonchev–Trinajstić information content (AvgIpc) is 2.74. The maximum Gasteiger partial charge on any atom is 0.340 e. The van der Waals surface area contributed by atoms with E-state index in [1.54, 1.807) is 36.4 Å². The summed E-state index contributed by atoms with van der Waals surface area (Å²) in [5.74, 6) is 0.931. The summed E-state index contributed by atoms with van der Waals surface area (Å²) in [4.78, 5) is 23.2. The van der Waals surface area contributed by atoms with Crippen molar-refractivity contribution in [2.75, 3.05) is 18.6 Å². The van der Waals surface area contributed by atoms with Crippen LogP contribution in [0.1, 0.15) is 60.7 Å². The first-order valence-electron chi connectivity index (χ1n) is 10.7. The summed E-state index contributed by atoms with van der Waals surface area (Å²) in [5, 5.41) is 0. The van der Waals surface area contributed by atoms with Crippen molar-refractivity contribution in [3.8, 4) is 0 Å². The lowest BCUT2D eigenvalue weighted by Crippen LogP contribution is -2.36. The topological polar surface area (TPSA) is 105 Å². The van der Waals surface area contributed by atoms with E-state index >= 15 is 0 Å². The SMILES string of the molecule is CC(C)[C@@H]1CC[C@@H](C)C[C@H]1OC(=O)c1ccccc1N.COC(=O)c1ccccc1N. The molecule has 1 saturated carbocycles. The Morgan fingerprint density at radius 2 is 1.42 bits per heavy atom. The van der Waals surface area contributed by atoms with Crippen LogP contribution >= 0.6 is 0 Å². The summed E-state index contributed by atoms with van der Waals surface area (Å²) in [6, 6.07) is 13.9. The first kappa shape index (κ1) is 24.3. The van der Waals surface area contributed by atoms with E-state index in [1.165, 1.54) is 13.5 Å². The molecular formula is C25H34N2O4. The third kappa shape index (κ3) is 6.74. The zero-order valence-electron chi connectivity index (χ0n) is 18.8. The highest BCUT2D eigenvalue weighted by Crippen LogP contribution is 2.35. The summed E-state index contributed by atoms with van der Waals surface area (Å²) >= 11 is 0. The van der Waals surface area contributed by atoms with Gasteiger partial charge in [0.1, 0.15) is 6.10 Å². The molecule has 0 aromatic heterocycles. The van der Waals surface area contributed by atoms with Crippen molar-refractivity contribution in [1.29, 1.82) is 0 Å². The van der Waals surface area contributed by atoms with Crippen molar-refractivity contribution in [3.05, 3.63) is 59.7 Å². The number of ether oxygens (including phenoxy) is 2. The fourth-order valence-corrected chi connectivity index (χ4v) is 3.93. The molecule has 2 aromatic rings. The second-order valence-corrected chi connectivity index (χ2v) is 8.44. The normalized spacial score (nSPS) is 20.4. The number of nitrogen functional groups attached to an aromatic ring is 2. The summed E-state index contributed by atoms with van der Waals surface area (Å²) in [6.07, 6.45) is 3.35. The van der Waals surface area contributed by atoms with Crippen molar-refractivity contribution in [2.45, 2.75) is 46.1 Å². The molecule has 0 bridgehead atoms. The van der Waals surface area contributed by atoms with E-state index in [0.29, 0.717) is 40.3 Å². The minimum Gasteiger partial charge on any atom is -0.465 e. The largest absolute Gasteiger partial charge is 0.465 e. The van der Waals surface area contributed by atoms with Crippen LogP contribution in [0.25, 0.3) is 0 Å². The standard InChI is InChI=1S/C17H25NO2.C8H9NO2/c1-11(2)13-9-8-12(3)10-16(13)20-17(19)14-6-4-5-7-15(14)18;1-11-8(10)6-4-2-3-5-7(6)9/h4-7,11-13,16H,8-10,18H2,1-3H3;2-5H,9H2,1H3/t12-,13+,16-;/m1./s1. The minimum absolute atomic E-state index is 0.0193. The lowest BCUT2D eigenvalue weighted by molar-refractivity contribution is -0.0173. The quantitative estimate of drug-likeness (QED) is 0.530. The van der Waals surface area contributed by atoms with Gasteiger partial charge in [-0.05, 0) is 54.9 Å². The molecular weight excluding hydrogens is 392 g/mol. The highest BCUT2D eigenvalue weighted by Gasteiger charge is 2.33. The number of benzene rings is 2. The Labute approximate surface area is 184 Å². The van der Waals surface area contributed by atoms with E-state index in [-0.39, 0.29) is 12.1 Å². The van der Waals surface area contributed by atoms with Crippen molar-refractivity contribution < 1.29 is 19.1 Å². The van der Waals surface area contributed by atoms with Gasteiger partial charge in [0, 0.05) is 11.4 Å². The number of hydrogen-bond donors (Lipinski definition) is 2. The van der Waals surface area contributed by atoms with Gasteiger partial charge in [-0.25, -0.2) is 9.59 Å². The molecule has 6 nitrogen and oxygen atoms in total. The number of nitrogens with two attached hydrogens (primary N) is 2. The molecule has 0 spiro atoms. The predicted octanol–water partition coefficient (Wildman–Crippen LogP) is 4.94. The van der Waals surface area contributed by atoms with Crippen molar-refractivity contribution in [3.63, 3.8) is 0 Å². The number of anilines is 2. The van der Waals surface area contributed by atoms with Crippen LogP contribution in [0.3, 0.4) is 0 Å². The van der Waals surface area contributed by atoms with Crippen LogP contribution in [0.2, 0.25) is 0 Å². The van der Waals surface area contributed by atoms with Gasteiger partial charge in [0.15, 0.2) is 0 Å². The molecule has 31 heavy (non-hydrogen) atoms. The van der Waals surface area contributed by atoms with Crippen LogP contribution in [-0.4, -0.2) is 25.2 Å². The smallest absolute Gasteiger partial charge is 0.340 e. The van der Waals surface area contributed by atoms with Gasteiger partial charge in [-0.1, -0.05) is 51.5 Å². The lowest BCUT2D eigenvalue weighted by atomic mass is 9.75. The monoisotopic (exact) mass is 426 g/mol. The number of rotatable bonds is 4. The first-order valence-corrected chi connectivity index (χ1v) is 10.7. The highest BCUT2D eigenvalue weighted by atomic mass is 16.5. The molecule has 0 amide bonds. The Hall–Kier alpha value is -3.02. The van der Waals surface area contributed by atoms with Crippen molar-refractivity contribution in [1.82, 2.24) is 0 Å². The maximum atomic E-state index is 12.3. The van der Waals surface area contributed by atoms with Gasteiger partial charge in [-0.3, -0.25) is 0 Å². The Balaban J connectivity index is 0.000000262. The molecule has 6 heteroatoms. The van der Waals surface area contributed by atoms with Gasteiger partial charge >= 0.3 is 11.9 Å². The van der Waals surface area contributed by atoms with Gasteiger partial charge in [0.25, 0.3) is 0 Å². The van der Waals surface area contributed by atoms with Crippen LogP contribution in [0, 0.1) is 17.8 Å². The molecule has 2 aromatic carbocycles. The third-order valence-corrected chi connectivity index (χ3v) is 5.77. The zero-order valence-corrected chi connectivity index (χ0v) is 18.8. The van der Waals surface area contributed by atoms with Gasteiger partial charge in [0.2, 0.25) is 0 Å². The molecule has 3 atom stereocenters. The van der Waals surface area contributed by atoms with E-state index in [4.69, 9.17) is 16.2 Å². The number of carbonyl (C=O) groups excluding carboxylic acids is 2. The number of esters is 2. The third-order valence-electron chi connectivity index (χ3n) is 5.77. The number of carbonyl (C=O) groups is 2. The fourth-order valence-electron chi connectivity index (χ4n) is 3.93. The molecule has 1 aliphatic carbocycles. The minimum atomic E-state index is -0.400. The van der Waals surface area contributed by atoms with E-state index in [2.05, 4.69) is 25.5 Å². The summed E-state index contributed by atoms with van der Waals surface area (Å²) in [6.45, 7) is 6.64. The number of methoxy groups -OCH3 is 1. The van der Waals surface area contributed by atoms with Gasteiger partial charge in [-0.15, -0.1) is 0 Å². The average molecular weight is 427 g/mol. The lowest BCUT2D eigenvalue weighted by Gasteiger charge is -2.36. The summed E-state index contributed by atoms with van der Waals surface area (Å²) in [5.41, 5.74) is 13.2. The molecule has 0 saturated heterocycles. The van der Waals surface area contributed by atoms with E-state index in [9.17, 15) is 9.59 Å². The zero-order chi connectivity index (χ0) is 23.0. The van der Waals surface area contributed by atoms with Crippen LogP contribution < -0.4 is 11.5 Å². The second-order valence-electron chi connectivity index (χ2n) is 8.44. The Bertz CT molecular complexity index is 881. The molecule has 168 valence electrons. The van der Waals surface area contributed by atoms with Gasteiger partial charge in [-0.2, -0.15) is 0 Å².